The summed E-state index contributed by atoms with van der Waals surface area (Å²) in [5.41, 5.74) is -19.8. The Bertz CT molecular complexity index is 741. The van der Waals surface area contributed by atoms with E-state index in [4.69, 9.17) is 10.2 Å². The van der Waals surface area contributed by atoms with Gasteiger partial charge in [0, 0.05) is 0 Å². The molecule has 0 saturated heterocycles. The zero-order valence-corrected chi connectivity index (χ0v) is 20.0. The quantitative estimate of drug-likeness (QED) is 0.268. The SMILES string of the molecule is CCC(C)(F)C(F)(F)OC(C)(C)C(F)(C(F)(F)F)C(F)(F)OC(C)C(F)(COCC(O)CO)C(F)(F)F. The molecule has 0 amide bonds. The van der Waals surface area contributed by atoms with E-state index in [0.717, 1.165) is 6.92 Å². The van der Waals surface area contributed by atoms with Crippen molar-refractivity contribution in [1.82, 2.24) is 0 Å². The Balaban J connectivity index is 6.50. The highest BCUT2D eigenvalue weighted by Crippen LogP contribution is 2.56. The van der Waals surface area contributed by atoms with Gasteiger partial charge in [-0.05, 0) is 34.1 Å². The maximum Gasteiger partial charge on any atom is 0.434 e. The lowest BCUT2D eigenvalue weighted by molar-refractivity contribution is -0.460. The Hall–Kier alpha value is -1.11. The maximum atomic E-state index is 15.2. The van der Waals surface area contributed by atoms with Gasteiger partial charge in [0.15, 0.2) is 5.67 Å². The average Bonchev–Trinajstić information content (AvgIpc) is 2.69. The summed E-state index contributed by atoms with van der Waals surface area (Å²) >= 11 is 0. The van der Waals surface area contributed by atoms with E-state index in [-0.39, 0.29) is 27.7 Å². The van der Waals surface area contributed by atoms with Gasteiger partial charge >= 0.3 is 30.2 Å². The molecule has 0 aliphatic heterocycles. The Kier molecular flexibility index (Phi) is 10.8. The van der Waals surface area contributed by atoms with E-state index in [0.29, 0.717) is 0 Å². The van der Waals surface area contributed by atoms with Crippen molar-refractivity contribution in [2.75, 3.05) is 19.8 Å². The van der Waals surface area contributed by atoms with Crippen molar-refractivity contribution in [2.24, 2.45) is 0 Å². The Labute approximate surface area is 202 Å². The van der Waals surface area contributed by atoms with Crippen LogP contribution in [0.4, 0.5) is 57.1 Å². The van der Waals surface area contributed by atoms with E-state index in [9.17, 15) is 52.7 Å². The number of ether oxygens (including phenoxy) is 3. The molecular formula is C19H27F13O5. The van der Waals surface area contributed by atoms with Crippen molar-refractivity contribution in [3.05, 3.63) is 0 Å². The van der Waals surface area contributed by atoms with Crippen LogP contribution in [0.15, 0.2) is 0 Å². The zero-order chi connectivity index (χ0) is 30.1. The van der Waals surface area contributed by atoms with Crippen molar-refractivity contribution in [3.63, 3.8) is 0 Å². The van der Waals surface area contributed by atoms with Gasteiger partial charge in [-0.15, -0.1) is 0 Å². The lowest BCUT2D eigenvalue weighted by Crippen LogP contribution is -2.71. The smallest absolute Gasteiger partial charge is 0.394 e. The number of halogens is 13. The third-order valence-electron chi connectivity index (χ3n) is 5.55. The normalized spacial score (nSPS) is 21.1. The van der Waals surface area contributed by atoms with Crippen molar-refractivity contribution < 1.29 is 81.5 Å². The molecule has 18 heteroatoms. The first-order valence-electron chi connectivity index (χ1n) is 10.3. The minimum absolute atomic E-state index is 0.0990. The van der Waals surface area contributed by atoms with Crippen LogP contribution in [0.5, 0.6) is 0 Å². The van der Waals surface area contributed by atoms with Crippen LogP contribution in [0.1, 0.15) is 41.0 Å². The van der Waals surface area contributed by atoms with Crippen LogP contribution in [0.3, 0.4) is 0 Å². The monoisotopic (exact) mass is 582 g/mol. The summed E-state index contributed by atoms with van der Waals surface area (Å²) in [7, 11) is 0. The highest BCUT2D eigenvalue weighted by molar-refractivity contribution is 5.09. The van der Waals surface area contributed by atoms with Crippen LogP contribution in [-0.2, 0) is 14.2 Å². The summed E-state index contributed by atoms with van der Waals surface area (Å²) in [4.78, 5) is 0. The summed E-state index contributed by atoms with van der Waals surface area (Å²) < 4.78 is 194. The van der Waals surface area contributed by atoms with Gasteiger partial charge in [0.25, 0.3) is 5.67 Å². The molecule has 0 radical (unpaired) electrons. The molecule has 5 nitrogen and oxygen atoms in total. The van der Waals surface area contributed by atoms with Gasteiger partial charge in [0.1, 0.15) is 17.8 Å². The van der Waals surface area contributed by atoms with E-state index in [2.05, 4.69) is 14.2 Å². The van der Waals surface area contributed by atoms with Gasteiger partial charge < -0.3 is 24.4 Å². The van der Waals surface area contributed by atoms with Crippen molar-refractivity contribution in [1.29, 1.82) is 0 Å². The largest absolute Gasteiger partial charge is 0.434 e. The van der Waals surface area contributed by atoms with Crippen LogP contribution in [-0.4, -0.2) is 89.4 Å². The topological polar surface area (TPSA) is 68.2 Å². The summed E-state index contributed by atoms with van der Waals surface area (Å²) in [6.45, 7) is -4.53. The maximum absolute atomic E-state index is 15.2. The summed E-state index contributed by atoms with van der Waals surface area (Å²) in [6.07, 6.45) is -31.8. The molecule has 0 aromatic heterocycles. The zero-order valence-electron chi connectivity index (χ0n) is 20.0. The Morgan fingerprint density at radius 1 is 0.757 bits per heavy atom. The first kappa shape index (κ1) is 35.9. The Morgan fingerprint density at radius 3 is 1.57 bits per heavy atom. The fraction of sp³-hybridized carbons (Fsp3) is 1.00. The molecule has 0 heterocycles. The molecule has 0 spiro atoms. The standard InChI is InChI=1S/C19H27F13O5/c1-6-13(5,20)18(29,30)37-12(3,4)15(22,17(26,27)28)19(31,32)36-10(2)14(21,16(23,24)25)9-35-8-11(34)7-33/h10-11,33-34H,6-9H2,1-5H3. The van der Waals surface area contributed by atoms with E-state index < -0.39 is 85.6 Å². The molecular weight excluding hydrogens is 555 g/mol. The van der Waals surface area contributed by atoms with E-state index in [1.54, 1.807) is 0 Å². The number of aliphatic hydroxyl groups excluding tert-OH is 2. The van der Waals surface area contributed by atoms with E-state index >= 15 is 4.39 Å². The third kappa shape index (κ3) is 7.10. The highest BCUT2D eigenvalue weighted by atomic mass is 19.4. The summed E-state index contributed by atoms with van der Waals surface area (Å²) in [5, 5.41) is 17.6. The number of rotatable bonds is 14. The van der Waals surface area contributed by atoms with Gasteiger partial charge in [-0.25, -0.2) is 13.2 Å². The van der Waals surface area contributed by atoms with Gasteiger partial charge in [-0.3, -0.25) is 0 Å². The van der Waals surface area contributed by atoms with Crippen molar-refractivity contribution >= 4 is 0 Å². The fourth-order valence-corrected chi connectivity index (χ4v) is 2.78. The molecule has 0 rings (SSSR count). The molecule has 0 bridgehead atoms. The van der Waals surface area contributed by atoms with Crippen LogP contribution in [0.2, 0.25) is 0 Å². The fourth-order valence-electron chi connectivity index (χ4n) is 2.78. The number of alkyl halides is 13. The molecule has 2 N–H and O–H groups in total. The van der Waals surface area contributed by atoms with Crippen molar-refractivity contribution in [3.8, 4) is 0 Å². The molecule has 0 saturated carbocycles. The second kappa shape index (κ2) is 11.2. The van der Waals surface area contributed by atoms with Crippen LogP contribution in [0, 0.1) is 0 Å². The average molecular weight is 582 g/mol. The minimum Gasteiger partial charge on any atom is -0.394 e. The third-order valence-corrected chi connectivity index (χ3v) is 5.55. The molecule has 224 valence electrons. The predicted molar refractivity (Wildman–Crippen MR) is 99.1 cm³/mol. The lowest BCUT2D eigenvalue weighted by atomic mass is 9.84. The minimum atomic E-state index is -6.92. The Morgan fingerprint density at radius 2 is 1.22 bits per heavy atom. The van der Waals surface area contributed by atoms with Crippen LogP contribution < -0.4 is 0 Å². The summed E-state index contributed by atoms with van der Waals surface area (Å²) in [6, 6.07) is 0. The van der Waals surface area contributed by atoms with Gasteiger partial charge in [0.05, 0.1) is 19.8 Å². The molecule has 0 aromatic rings. The number of hydrogen-bond acceptors (Lipinski definition) is 5. The first-order valence-corrected chi connectivity index (χ1v) is 10.3. The van der Waals surface area contributed by atoms with Crippen LogP contribution >= 0.6 is 0 Å². The molecule has 0 fully saturated rings. The first-order chi connectivity index (χ1) is 16.1. The van der Waals surface area contributed by atoms with Gasteiger partial charge in [-0.1, -0.05) is 6.92 Å². The second-order valence-electron chi connectivity index (χ2n) is 8.82. The predicted octanol–water partition coefficient (Wildman–Crippen LogP) is 5.42. The second-order valence-corrected chi connectivity index (χ2v) is 8.82. The molecule has 0 aromatic carbocycles. The van der Waals surface area contributed by atoms with E-state index in [1.807, 2.05) is 0 Å². The van der Waals surface area contributed by atoms with E-state index in [1.165, 1.54) is 0 Å². The summed E-state index contributed by atoms with van der Waals surface area (Å²) in [5.74, 6) is 0. The molecule has 5 atom stereocenters. The van der Waals surface area contributed by atoms with Crippen molar-refractivity contribution in [2.45, 2.75) is 100 Å². The molecule has 0 aliphatic carbocycles. The van der Waals surface area contributed by atoms with Gasteiger partial charge in [-0.2, -0.15) is 43.9 Å². The van der Waals surface area contributed by atoms with Gasteiger partial charge in [0.2, 0.25) is 0 Å². The molecule has 0 aliphatic rings. The molecule has 37 heavy (non-hydrogen) atoms. The lowest BCUT2D eigenvalue weighted by Gasteiger charge is -2.47. The molecule has 5 unspecified atom stereocenters. The highest BCUT2D eigenvalue weighted by Gasteiger charge is 2.82. The van der Waals surface area contributed by atoms with Crippen LogP contribution in [0.25, 0.3) is 0 Å². The number of aliphatic hydroxyl groups is 2. The number of hydrogen-bond donors (Lipinski definition) is 2.